The highest BCUT2D eigenvalue weighted by Crippen LogP contribution is 2.47. The molecule has 6 aromatic carbocycles. The normalized spacial score (nSPS) is 15.7. The zero-order valence-corrected chi connectivity index (χ0v) is 50.0. The summed E-state index contributed by atoms with van der Waals surface area (Å²) in [4.78, 5) is 89.2. The van der Waals surface area contributed by atoms with E-state index >= 15 is 0 Å². The standard InChI is InChI=1S/C24H22N4O2.C23H23N5O3.C22H21N3O3/c1-15(2)28-14-27-23-21(25-13-26-24(23)28)11-22(29)30-12-20-18-9-5-3-7-16(18)17-8-4-6-10-19(17)20;1-13(2)28-12-24-19-20(28)25-22(26-21(19)29)27-23(30)31-11-18-16-9-5-3-7-14(16)15-8-4-6-10-17(15)18;1-14(2)25-12-11-20(23-21(25)26)24-22(27)28-13-19-17-9-5-3-7-15(17)16-8-4-6-10-18(16)19/h3-10,13-15,20H,11-12H2,1-2H3;3-10,12-13,18-20H,11H2,1-2H3,(H2,25,26,27,29,30);3-12,14,19H,13H2,1-2H3,(H,23,24,26,27). The molecule has 3 aliphatic carbocycles. The zero-order chi connectivity index (χ0) is 61.9. The predicted molar refractivity (Wildman–Crippen MR) is 338 cm³/mol. The van der Waals surface area contributed by atoms with Gasteiger partial charge in [0.05, 0.1) is 24.8 Å². The number of carbonyl (C=O) groups is 4. The van der Waals surface area contributed by atoms with Crippen LogP contribution >= 0.6 is 0 Å². The summed E-state index contributed by atoms with van der Waals surface area (Å²) in [7, 11) is 0. The fourth-order valence-corrected chi connectivity index (χ4v) is 12.2. The minimum absolute atomic E-state index is 0.00324. The molecular weight excluding hydrogens is 1120 g/mol. The SMILES string of the molecule is CC(C)N1C=NC2C(=O)NC(NC(=O)OCC3c4ccccc4-c4ccccc43)=NC21.CC(C)n1ccc(NC(=O)OCC2c3ccccc3-c3ccccc32)nc1=O.CC(C)n1cnc2c(CC(=O)OCC3c4ccccc4-c4ccccc43)ncnc21. The van der Waals surface area contributed by atoms with Gasteiger partial charge in [0, 0.05) is 42.1 Å². The number of nitrogens with one attached hydrogen (secondary N) is 3. The Morgan fingerprint density at radius 3 is 1.44 bits per heavy atom. The van der Waals surface area contributed by atoms with Crippen molar-refractivity contribution in [2.75, 3.05) is 25.1 Å². The maximum Gasteiger partial charge on any atom is 0.413 e. The molecular formula is C69H66N12O8. The number of esters is 1. The molecule has 5 heterocycles. The molecule has 2 atom stereocenters. The van der Waals surface area contributed by atoms with E-state index in [9.17, 15) is 24.0 Å². The zero-order valence-electron chi connectivity index (χ0n) is 50.0. The molecule has 450 valence electrons. The number of carbonyl (C=O) groups excluding carboxylic acids is 4. The first-order valence-electron chi connectivity index (χ1n) is 29.7. The second-order valence-corrected chi connectivity index (χ2v) is 23.0. The third-order valence-electron chi connectivity index (χ3n) is 16.5. The molecule has 2 aliphatic heterocycles. The minimum Gasteiger partial charge on any atom is -0.464 e. The summed E-state index contributed by atoms with van der Waals surface area (Å²) in [6.07, 6.45) is 4.80. The van der Waals surface area contributed by atoms with Crippen molar-refractivity contribution in [3.63, 3.8) is 0 Å². The Labute approximate surface area is 513 Å². The summed E-state index contributed by atoms with van der Waals surface area (Å²) >= 11 is 0. The summed E-state index contributed by atoms with van der Waals surface area (Å²) in [5.41, 5.74) is 15.6. The molecule has 0 saturated carbocycles. The Bertz CT molecular complexity index is 4170. The van der Waals surface area contributed by atoms with Crippen molar-refractivity contribution in [1.82, 2.24) is 44.6 Å². The van der Waals surface area contributed by atoms with Crippen molar-refractivity contribution in [3.8, 4) is 33.4 Å². The Morgan fingerprint density at radius 2 is 0.989 bits per heavy atom. The van der Waals surface area contributed by atoms with Crippen LogP contribution in [0, 0.1) is 0 Å². The van der Waals surface area contributed by atoms with E-state index < -0.39 is 30.1 Å². The number of ether oxygens (including phenoxy) is 3. The molecule has 5 aliphatic rings. The Morgan fingerprint density at radius 1 is 0.539 bits per heavy atom. The van der Waals surface area contributed by atoms with Gasteiger partial charge >= 0.3 is 23.8 Å². The van der Waals surface area contributed by atoms with Gasteiger partial charge in [-0.15, -0.1) is 0 Å². The second kappa shape index (κ2) is 25.4. The van der Waals surface area contributed by atoms with Crippen LogP contribution < -0.4 is 21.6 Å². The number of aliphatic imine (C=N–C) groups is 2. The molecule has 0 bridgehead atoms. The van der Waals surface area contributed by atoms with Gasteiger partial charge < -0.3 is 23.7 Å². The van der Waals surface area contributed by atoms with E-state index in [2.05, 4.69) is 133 Å². The van der Waals surface area contributed by atoms with Crippen molar-refractivity contribution in [2.24, 2.45) is 9.98 Å². The van der Waals surface area contributed by atoms with Crippen molar-refractivity contribution in [2.45, 2.75) is 96.1 Å². The molecule has 3 N–H and O–H groups in total. The molecule has 89 heavy (non-hydrogen) atoms. The highest BCUT2D eigenvalue weighted by molar-refractivity contribution is 6.07. The molecule has 3 aromatic heterocycles. The number of hydrogen-bond acceptors (Lipinski definition) is 15. The van der Waals surface area contributed by atoms with Crippen molar-refractivity contribution in [1.29, 1.82) is 0 Å². The monoisotopic (exact) mass is 1190 g/mol. The Kier molecular flexibility index (Phi) is 16.7. The third kappa shape index (κ3) is 12.0. The molecule has 14 rings (SSSR count). The Balaban J connectivity index is 0.000000130. The topological polar surface area (TPSA) is 239 Å². The van der Waals surface area contributed by atoms with Gasteiger partial charge in [-0.3, -0.25) is 35.1 Å². The minimum atomic E-state index is -0.658. The number of rotatable bonds is 12. The van der Waals surface area contributed by atoms with Crippen LogP contribution in [0.2, 0.25) is 0 Å². The van der Waals surface area contributed by atoms with Crippen molar-refractivity contribution in [3.05, 3.63) is 220 Å². The van der Waals surface area contributed by atoms with Gasteiger partial charge in [-0.1, -0.05) is 146 Å². The van der Waals surface area contributed by atoms with Crippen LogP contribution in [0.25, 0.3) is 44.5 Å². The van der Waals surface area contributed by atoms with Crippen LogP contribution in [0.4, 0.5) is 15.4 Å². The van der Waals surface area contributed by atoms with E-state index in [1.165, 1.54) is 44.3 Å². The quantitative estimate of drug-likeness (QED) is 0.0763. The van der Waals surface area contributed by atoms with Crippen molar-refractivity contribution >= 4 is 53.3 Å². The number of amides is 3. The smallest absolute Gasteiger partial charge is 0.413 e. The first-order valence-corrected chi connectivity index (χ1v) is 29.7. The summed E-state index contributed by atoms with van der Waals surface area (Å²) in [6.45, 7) is 12.6. The van der Waals surface area contributed by atoms with Gasteiger partial charge in [0.25, 0.3) is 5.91 Å². The van der Waals surface area contributed by atoms with Crippen molar-refractivity contribution < 1.29 is 33.4 Å². The number of anilines is 1. The number of imidazole rings is 1. The fraction of sp³-hybridized carbons (Fsp3) is 0.261. The molecule has 20 nitrogen and oxygen atoms in total. The number of hydrogen-bond donors (Lipinski definition) is 3. The van der Waals surface area contributed by atoms with Crippen LogP contribution in [0.5, 0.6) is 0 Å². The number of guanidine groups is 1. The highest BCUT2D eigenvalue weighted by atomic mass is 16.6. The van der Waals surface area contributed by atoms with Crippen LogP contribution in [-0.4, -0.2) is 108 Å². The first-order chi connectivity index (χ1) is 43.2. The molecule has 3 amide bonds. The van der Waals surface area contributed by atoms with Crippen LogP contribution in [0.3, 0.4) is 0 Å². The van der Waals surface area contributed by atoms with E-state index in [0.717, 1.165) is 39.0 Å². The number of nitrogens with zero attached hydrogens (tertiary/aromatic N) is 9. The van der Waals surface area contributed by atoms with Crippen LogP contribution in [0.15, 0.2) is 185 Å². The summed E-state index contributed by atoms with van der Waals surface area (Å²) in [6, 6.07) is 50.6. The first kappa shape index (κ1) is 58.7. The van der Waals surface area contributed by atoms with Gasteiger partial charge in [0.2, 0.25) is 5.96 Å². The lowest BCUT2D eigenvalue weighted by atomic mass is 9.98. The maximum absolute atomic E-state index is 12.7. The molecule has 0 spiro atoms. The number of aromatic nitrogens is 6. The third-order valence-corrected chi connectivity index (χ3v) is 16.5. The second-order valence-electron chi connectivity index (χ2n) is 23.0. The molecule has 2 unspecified atom stereocenters. The fourth-order valence-electron chi connectivity index (χ4n) is 12.2. The summed E-state index contributed by atoms with van der Waals surface area (Å²) in [5, 5.41) is 7.70. The lowest BCUT2D eigenvalue weighted by Crippen LogP contribution is -2.56. The van der Waals surface area contributed by atoms with Gasteiger partial charge in [-0.25, -0.2) is 34.3 Å². The average molecular weight is 1190 g/mol. The predicted octanol–water partition coefficient (Wildman–Crippen LogP) is 10.9. The van der Waals surface area contributed by atoms with E-state index in [4.69, 9.17) is 14.2 Å². The largest absolute Gasteiger partial charge is 0.464 e. The average Bonchev–Trinajstić information content (AvgIpc) is 1.79. The number of benzene rings is 6. The molecule has 0 saturated heterocycles. The lowest BCUT2D eigenvalue weighted by molar-refractivity contribution is -0.143. The Hall–Kier alpha value is -10.6. The van der Waals surface area contributed by atoms with Gasteiger partial charge in [0.1, 0.15) is 37.5 Å². The maximum atomic E-state index is 12.7. The van der Waals surface area contributed by atoms with E-state index in [-0.39, 0.29) is 79.2 Å². The van der Waals surface area contributed by atoms with Crippen LogP contribution in [-0.2, 0) is 30.2 Å². The van der Waals surface area contributed by atoms with Gasteiger partial charge in [0.15, 0.2) is 17.9 Å². The van der Waals surface area contributed by atoms with E-state index in [0.29, 0.717) is 17.8 Å². The molecule has 20 heteroatoms. The summed E-state index contributed by atoms with van der Waals surface area (Å²) < 4.78 is 20.2. The molecule has 0 radical (unpaired) electrons. The summed E-state index contributed by atoms with van der Waals surface area (Å²) in [5.74, 6) is -0.347. The highest BCUT2D eigenvalue weighted by Gasteiger charge is 2.41. The van der Waals surface area contributed by atoms with Gasteiger partial charge in [-0.05, 0) is 114 Å². The van der Waals surface area contributed by atoms with E-state index in [1.54, 1.807) is 24.9 Å². The molecule has 9 aromatic rings. The molecule has 0 fully saturated rings. The lowest BCUT2D eigenvalue weighted by Gasteiger charge is -2.31. The number of fused-ring (bicyclic) bond motifs is 11. The number of alkyl carbamates (subject to hydrolysis) is 1. The van der Waals surface area contributed by atoms with E-state index in [1.807, 2.05) is 110 Å². The van der Waals surface area contributed by atoms with Gasteiger partial charge in [-0.2, -0.15) is 4.98 Å². The van der Waals surface area contributed by atoms with Crippen LogP contribution in [0.1, 0.15) is 110 Å².